The summed E-state index contributed by atoms with van der Waals surface area (Å²) in [6, 6.07) is 0.137. The highest BCUT2D eigenvalue weighted by Crippen LogP contribution is 2.11. The second-order valence-electron chi connectivity index (χ2n) is 3.58. The van der Waals surface area contributed by atoms with E-state index >= 15 is 0 Å². The third-order valence-corrected chi connectivity index (χ3v) is 1.95. The normalized spacial score (nSPS) is 13.6. The molecular formula is C9H17N3O. The quantitative estimate of drug-likeness (QED) is 0.767. The van der Waals surface area contributed by atoms with Crippen LogP contribution in [-0.2, 0) is 6.42 Å². The standard InChI is InChI=1S/C9H17N3O/c1-4-7(10)5-8-11-9(6(2)3)13-12-8/h6-7H,4-5,10H2,1-3H3. The monoisotopic (exact) mass is 183 g/mol. The van der Waals surface area contributed by atoms with Crippen LogP contribution in [0.1, 0.15) is 44.8 Å². The van der Waals surface area contributed by atoms with Gasteiger partial charge in [-0.1, -0.05) is 25.9 Å². The second kappa shape index (κ2) is 4.37. The number of aromatic nitrogens is 2. The lowest BCUT2D eigenvalue weighted by atomic mass is 10.1. The van der Waals surface area contributed by atoms with E-state index in [1.165, 1.54) is 0 Å². The van der Waals surface area contributed by atoms with E-state index in [1.807, 2.05) is 20.8 Å². The van der Waals surface area contributed by atoms with E-state index in [1.54, 1.807) is 0 Å². The Morgan fingerprint density at radius 2 is 2.15 bits per heavy atom. The maximum absolute atomic E-state index is 5.77. The Labute approximate surface area is 78.5 Å². The average molecular weight is 183 g/mol. The van der Waals surface area contributed by atoms with Crippen molar-refractivity contribution in [2.45, 2.75) is 45.6 Å². The summed E-state index contributed by atoms with van der Waals surface area (Å²) in [5, 5.41) is 3.86. The van der Waals surface area contributed by atoms with Crippen LogP contribution in [-0.4, -0.2) is 16.2 Å². The summed E-state index contributed by atoms with van der Waals surface area (Å²) in [6.45, 7) is 6.10. The third-order valence-electron chi connectivity index (χ3n) is 1.95. The second-order valence-corrected chi connectivity index (χ2v) is 3.58. The Kier molecular flexibility index (Phi) is 3.42. The lowest BCUT2D eigenvalue weighted by Crippen LogP contribution is -2.22. The van der Waals surface area contributed by atoms with Crippen molar-refractivity contribution in [3.05, 3.63) is 11.7 Å². The molecule has 0 spiro atoms. The van der Waals surface area contributed by atoms with E-state index in [4.69, 9.17) is 10.3 Å². The van der Waals surface area contributed by atoms with Gasteiger partial charge in [-0.25, -0.2) is 0 Å². The van der Waals surface area contributed by atoms with Crippen LogP contribution in [0.3, 0.4) is 0 Å². The molecule has 0 saturated carbocycles. The van der Waals surface area contributed by atoms with Gasteiger partial charge in [0.2, 0.25) is 5.89 Å². The highest BCUT2D eigenvalue weighted by molar-refractivity contribution is 4.92. The van der Waals surface area contributed by atoms with Gasteiger partial charge in [-0.3, -0.25) is 0 Å². The molecule has 13 heavy (non-hydrogen) atoms. The number of hydrogen-bond acceptors (Lipinski definition) is 4. The molecule has 0 aromatic carbocycles. The lowest BCUT2D eigenvalue weighted by molar-refractivity contribution is 0.359. The Bertz CT molecular complexity index is 257. The molecule has 0 amide bonds. The van der Waals surface area contributed by atoms with Crippen molar-refractivity contribution in [2.24, 2.45) is 5.73 Å². The van der Waals surface area contributed by atoms with Crippen LogP contribution in [0.25, 0.3) is 0 Å². The molecule has 74 valence electrons. The Morgan fingerprint density at radius 1 is 1.46 bits per heavy atom. The van der Waals surface area contributed by atoms with Crippen LogP contribution in [0.15, 0.2) is 4.52 Å². The average Bonchev–Trinajstić information content (AvgIpc) is 2.52. The molecule has 0 aliphatic rings. The van der Waals surface area contributed by atoms with Gasteiger partial charge in [-0.15, -0.1) is 0 Å². The van der Waals surface area contributed by atoms with E-state index < -0.39 is 0 Å². The minimum absolute atomic E-state index is 0.137. The molecule has 4 heteroatoms. The predicted octanol–water partition coefficient (Wildman–Crippen LogP) is 1.47. The Balaban J connectivity index is 2.58. The summed E-state index contributed by atoms with van der Waals surface area (Å²) in [6.07, 6.45) is 1.64. The summed E-state index contributed by atoms with van der Waals surface area (Å²) in [5.41, 5.74) is 5.77. The summed E-state index contributed by atoms with van der Waals surface area (Å²) >= 11 is 0. The molecule has 1 aromatic heterocycles. The molecule has 0 radical (unpaired) electrons. The van der Waals surface area contributed by atoms with Crippen molar-refractivity contribution in [1.82, 2.24) is 10.1 Å². The van der Waals surface area contributed by atoms with Gasteiger partial charge in [-0.2, -0.15) is 4.98 Å². The van der Waals surface area contributed by atoms with Gasteiger partial charge in [0.25, 0.3) is 0 Å². The molecule has 1 heterocycles. The van der Waals surface area contributed by atoms with Crippen molar-refractivity contribution in [1.29, 1.82) is 0 Å². The SMILES string of the molecule is CCC(N)Cc1noc(C(C)C)n1. The molecule has 1 unspecified atom stereocenters. The van der Waals surface area contributed by atoms with Gasteiger partial charge in [-0.05, 0) is 6.42 Å². The smallest absolute Gasteiger partial charge is 0.229 e. The van der Waals surface area contributed by atoms with E-state index in [-0.39, 0.29) is 6.04 Å². The maximum Gasteiger partial charge on any atom is 0.229 e. The number of rotatable bonds is 4. The van der Waals surface area contributed by atoms with E-state index in [9.17, 15) is 0 Å². The van der Waals surface area contributed by atoms with E-state index in [2.05, 4.69) is 10.1 Å². The van der Waals surface area contributed by atoms with Crippen LogP contribution >= 0.6 is 0 Å². The highest BCUT2D eigenvalue weighted by atomic mass is 16.5. The third kappa shape index (κ3) is 2.81. The van der Waals surface area contributed by atoms with Crippen molar-refractivity contribution >= 4 is 0 Å². The zero-order valence-corrected chi connectivity index (χ0v) is 8.45. The molecule has 0 bridgehead atoms. The zero-order valence-electron chi connectivity index (χ0n) is 8.45. The van der Waals surface area contributed by atoms with Crippen LogP contribution in [0.4, 0.5) is 0 Å². The van der Waals surface area contributed by atoms with E-state index in [0.29, 0.717) is 18.2 Å². The summed E-state index contributed by atoms with van der Waals surface area (Å²) in [5.74, 6) is 1.70. The molecule has 0 aliphatic carbocycles. The lowest BCUT2D eigenvalue weighted by Gasteiger charge is -2.02. The molecule has 0 saturated heterocycles. The minimum Gasteiger partial charge on any atom is -0.339 e. The predicted molar refractivity (Wildman–Crippen MR) is 50.4 cm³/mol. The van der Waals surface area contributed by atoms with E-state index in [0.717, 1.165) is 12.2 Å². The number of nitrogens with zero attached hydrogens (tertiary/aromatic N) is 2. The van der Waals surface area contributed by atoms with Crippen LogP contribution in [0.2, 0.25) is 0 Å². The topological polar surface area (TPSA) is 64.9 Å². The van der Waals surface area contributed by atoms with Gasteiger partial charge in [0.05, 0.1) is 0 Å². The van der Waals surface area contributed by atoms with Crippen molar-refractivity contribution in [3.8, 4) is 0 Å². The first kappa shape index (κ1) is 10.2. The van der Waals surface area contributed by atoms with Gasteiger partial charge in [0.15, 0.2) is 5.82 Å². The highest BCUT2D eigenvalue weighted by Gasteiger charge is 2.11. The largest absolute Gasteiger partial charge is 0.339 e. The first-order valence-electron chi connectivity index (χ1n) is 4.71. The molecular weight excluding hydrogens is 166 g/mol. The minimum atomic E-state index is 0.137. The van der Waals surface area contributed by atoms with Gasteiger partial charge >= 0.3 is 0 Å². The van der Waals surface area contributed by atoms with Crippen LogP contribution in [0.5, 0.6) is 0 Å². The molecule has 0 fully saturated rings. The Hall–Kier alpha value is -0.900. The van der Waals surface area contributed by atoms with Crippen molar-refractivity contribution in [2.75, 3.05) is 0 Å². The fourth-order valence-electron chi connectivity index (χ4n) is 0.964. The molecule has 2 N–H and O–H groups in total. The maximum atomic E-state index is 5.77. The molecule has 0 aliphatic heterocycles. The van der Waals surface area contributed by atoms with Crippen molar-refractivity contribution < 1.29 is 4.52 Å². The number of nitrogens with two attached hydrogens (primary N) is 1. The number of hydrogen-bond donors (Lipinski definition) is 1. The molecule has 1 aromatic rings. The first-order chi connectivity index (χ1) is 6.13. The Morgan fingerprint density at radius 3 is 2.62 bits per heavy atom. The fourth-order valence-corrected chi connectivity index (χ4v) is 0.964. The van der Waals surface area contributed by atoms with Gasteiger partial charge < -0.3 is 10.3 Å². The molecule has 4 nitrogen and oxygen atoms in total. The molecule has 1 atom stereocenters. The first-order valence-corrected chi connectivity index (χ1v) is 4.71. The van der Waals surface area contributed by atoms with Crippen LogP contribution < -0.4 is 5.73 Å². The fraction of sp³-hybridized carbons (Fsp3) is 0.778. The van der Waals surface area contributed by atoms with Gasteiger partial charge in [0.1, 0.15) is 0 Å². The summed E-state index contributed by atoms with van der Waals surface area (Å²) < 4.78 is 5.05. The summed E-state index contributed by atoms with van der Waals surface area (Å²) in [7, 11) is 0. The summed E-state index contributed by atoms with van der Waals surface area (Å²) in [4.78, 5) is 4.24. The van der Waals surface area contributed by atoms with Crippen LogP contribution in [0, 0.1) is 0 Å². The molecule has 1 rings (SSSR count). The van der Waals surface area contributed by atoms with Crippen molar-refractivity contribution in [3.63, 3.8) is 0 Å². The zero-order chi connectivity index (χ0) is 9.84. The van der Waals surface area contributed by atoms with Gasteiger partial charge in [0, 0.05) is 18.4 Å².